The fraction of sp³-hybridized carbons (Fsp3) is 0.500. The van der Waals surface area contributed by atoms with Crippen LogP contribution in [-0.2, 0) is 17.4 Å². The quantitative estimate of drug-likeness (QED) is 0.833. The van der Waals surface area contributed by atoms with Crippen LogP contribution in [0.1, 0.15) is 30.9 Å². The third kappa shape index (κ3) is 3.32. The molecule has 1 unspecified atom stereocenters. The maximum atomic E-state index is 12.6. The molecule has 0 bridgehead atoms. The van der Waals surface area contributed by atoms with E-state index in [4.69, 9.17) is 0 Å². The Kier molecular flexibility index (Phi) is 3.95. The molecule has 0 saturated carbocycles. The summed E-state index contributed by atoms with van der Waals surface area (Å²) >= 11 is 1.61. The van der Waals surface area contributed by atoms with Crippen molar-refractivity contribution in [2.24, 2.45) is 0 Å². The first kappa shape index (κ1) is 14.4. The highest BCUT2D eigenvalue weighted by Crippen LogP contribution is 2.39. The number of hydrogen-bond acceptors (Lipinski definition) is 2. The number of hydrogen-bond donors (Lipinski definition) is 0. The maximum Gasteiger partial charge on any atom is 0.416 e. The Hall–Kier alpha value is -0.970. The zero-order valence-corrected chi connectivity index (χ0v) is 11.4. The minimum absolute atomic E-state index is 0.0225. The number of ketones is 1. The lowest BCUT2D eigenvalue weighted by molar-refractivity contribution is -0.137. The van der Waals surface area contributed by atoms with Crippen molar-refractivity contribution in [1.82, 2.24) is 0 Å². The van der Waals surface area contributed by atoms with Crippen molar-refractivity contribution in [3.63, 3.8) is 0 Å². The van der Waals surface area contributed by atoms with Gasteiger partial charge in [0.15, 0.2) is 5.78 Å². The van der Waals surface area contributed by atoms with Gasteiger partial charge in [-0.05, 0) is 37.1 Å². The largest absolute Gasteiger partial charge is 0.416 e. The molecule has 0 amide bonds. The molecule has 0 aromatic heterocycles. The zero-order chi connectivity index (χ0) is 14.1. The lowest BCUT2D eigenvalue weighted by Crippen LogP contribution is -2.30. The first-order valence-corrected chi connectivity index (χ1v) is 7.13. The van der Waals surface area contributed by atoms with E-state index in [-0.39, 0.29) is 12.2 Å². The Bertz CT molecular complexity index is 476. The van der Waals surface area contributed by atoms with Gasteiger partial charge >= 0.3 is 6.18 Å². The standard InChI is InChI=1S/C14H15F3OS/c1-13(6-3-7-19-13)12(18)9-10-4-2-5-11(8-10)14(15,16)17/h2,4-5,8H,3,6-7,9H2,1H3. The molecule has 1 aliphatic heterocycles. The molecule has 1 aliphatic rings. The van der Waals surface area contributed by atoms with Gasteiger partial charge in [0.05, 0.1) is 10.3 Å². The van der Waals surface area contributed by atoms with Gasteiger partial charge in [0.25, 0.3) is 0 Å². The molecule has 1 saturated heterocycles. The van der Waals surface area contributed by atoms with Gasteiger partial charge in [0.2, 0.25) is 0 Å². The van der Waals surface area contributed by atoms with Gasteiger partial charge in [0, 0.05) is 6.42 Å². The molecule has 5 heteroatoms. The van der Waals surface area contributed by atoms with Crippen LogP contribution >= 0.6 is 11.8 Å². The summed E-state index contributed by atoms with van der Waals surface area (Å²) in [6.45, 7) is 1.89. The van der Waals surface area contributed by atoms with E-state index in [0.29, 0.717) is 5.56 Å². The van der Waals surface area contributed by atoms with Crippen molar-refractivity contribution < 1.29 is 18.0 Å². The van der Waals surface area contributed by atoms with Gasteiger partial charge in [-0.3, -0.25) is 4.79 Å². The van der Waals surface area contributed by atoms with Crippen LogP contribution < -0.4 is 0 Å². The van der Waals surface area contributed by atoms with Gasteiger partial charge in [-0.15, -0.1) is 11.8 Å². The highest BCUT2D eigenvalue weighted by Gasteiger charge is 2.37. The molecule has 1 heterocycles. The van der Waals surface area contributed by atoms with Crippen molar-refractivity contribution in [3.05, 3.63) is 35.4 Å². The van der Waals surface area contributed by atoms with Gasteiger partial charge < -0.3 is 0 Å². The Labute approximate surface area is 114 Å². The van der Waals surface area contributed by atoms with E-state index in [1.165, 1.54) is 6.07 Å². The number of thioether (sulfide) groups is 1. The van der Waals surface area contributed by atoms with Crippen molar-refractivity contribution >= 4 is 17.5 Å². The third-order valence-electron chi connectivity index (χ3n) is 3.43. The van der Waals surface area contributed by atoms with E-state index in [1.807, 2.05) is 6.92 Å². The summed E-state index contributed by atoms with van der Waals surface area (Å²) in [7, 11) is 0. The number of halogens is 3. The molecule has 19 heavy (non-hydrogen) atoms. The van der Waals surface area contributed by atoms with Crippen molar-refractivity contribution in [2.45, 2.75) is 37.1 Å². The monoisotopic (exact) mass is 288 g/mol. The van der Waals surface area contributed by atoms with E-state index in [2.05, 4.69) is 0 Å². The first-order chi connectivity index (χ1) is 8.81. The molecule has 1 fully saturated rings. The summed E-state index contributed by atoms with van der Waals surface area (Å²) in [5.74, 6) is 0.972. The molecule has 1 aromatic rings. The van der Waals surface area contributed by atoms with E-state index in [9.17, 15) is 18.0 Å². The highest BCUT2D eigenvalue weighted by molar-refractivity contribution is 8.01. The minimum atomic E-state index is -4.36. The van der Waals surface area contributed by atoms with E-state index in [1.54, 1.807) is 17.8 Å². The third-order valence-corrected chi connectivity index (χ3v) is 4.99. The van der Waals surface area contributed by atoms with Crippen molar-refractivity contribution in [1.29, 1.82) is 0 Å². The van der Waals surface area contributed by atoms with Gasteiger partial charge in [-0.25, -0.2) is 0 Å². The maximum absolute atomic E-state index is 12.6. The summed E-state index contributed by atoms with van der Waals surface area (Å²) in [5, 5.41) is 0. The Balaban J connectivity index is 2.13. The average Bonchev–Trinajstić information content (AvgIpc) is 2.77. The summed E-state index contributed by atoms with van der Waals surface area (Å²) in [5.41, 5.74) is -0.254. The fourth-order valence-electron chi connectivity index (χ4n) is 2.23. The second kappa shape index (κ2) is 5.19. The summed E-state index contributed by atoms with van der Waals surface area (Å²) in [6.07, 6.45) is -2.47. The summed E-state index contributed by atoms with van der Waals surface area (Å²) in [6, 6.07) is 5.03. The summed E-state index contributed by atoms with van der Waals surface area (Å²) < 4.78 is 37.4. The fourth-order valence-corrected chi connectivity index (χ4v) is 3.49. The predicted octanol–water partition coefficient (Wildman–Crippen LogP) is 4.10. The molecule has 1 aromatic carbocycles. The second-order valence-electron chi connectivity index (χ2n) is 4.98. The van der Waals surface area contributed by atoms with Crippen LogP contribution in [0, 0.1) is 0 Å². The molecular weight excluding hydrogens is 273 g/mol. The van der Waals surface area contributed by atoms with Crippen LogP contribution in [-0.4, -0.2) is 16.3 Å². The molecule has 104 valence electrons. The highest BCUT2D eigenvalue weighted by atomic mass is 32.2. The van der Waals surface area contributed by atoms with Crippen LogP contribution in [0.4, 0.5) is 13.2 Å². The minimum Gasteiger partial charge on any atom is -0.298 e. The molecule has 1 nitrogen and oxygen atoms in total. The van der Waals surface area contributed by atoms with Gasteiger partial charge in [0.1, 0.15) is 0 Å². The Morgan fingerprint density at radius 2 is 2.16 bits per heavy atom. The van der Waals surface area contributed by atoms with Crippen LogP contribution in [0.15, 0.2) is 24.3 Å². The van der Waals surface area contributed by atoms with Crippen LogP contribution in [0.3, 0.4) is 0 Å². The number of Topliss-reactive ketones (excluding diaryl/α,β-unsaturated/α-hetero) is 1. The first-order valence-electron chi connectivity index (χ1n) is 6.15. The number of alkyl halides is 3. The molecule has 1 atom stereocenters. The van der Waals surface area contributed by atoms with E-state index in [0.717, 1.165) is 30.7 Å². The molecule has 0 aliphatic carbocycles. The normalized spacial score (nSPS) is 23.6. The van der Waals surface area contributed by atoms with E-state index >= 15 is 0 Å². The smallest absolute Gasteiger partial charge is 0.298 e. The topological polar surface area (TPSA) is 17.1 Å². The van der Waals surface area contributed by atoms with Gasteiger partial charge in [-0.2, -0.15) is 13.2 Å². The summed E-state index contributed by atoms with van der Waals surface area (Å²) in [4.78, 5) is 12.2. The number of benzene rings is 1. The molecule has 0 N–H and O–H groups in total. The van der Waals surface area contributed by atoms with Crippen molar-refractivity contribution in [3.8, 4) is 0 Å². The Morgan fingerprint density at radius 3 is 2.74 bits per heavy atom. The number of rotatable bonds is 3. The lowest BCUT2D eigenvalue weighted by Gasteiger charge is -2.21. The Morgan fingerprint density at radius 1 is 1.42 bits per heavy atom. The van der Waals surface area contributed by atoms with Crippen LogP contribution in [0.2, 0.25) is 0 Å². The van der Waals surface area contributed by atoms with Gasteiger partial charge in [-0.1, -0.05) is 18.2 Å². The molecule has 0 radical (unpaired) electrons. The lowest BCUT2D eigenvalue weighted by atomic mass is 9.94. The zero-order valence-electron chi connectivity index (χ0n) is 10.6. The molecular formula is C14H15F3OS. The van der Waals surface area contributed by atoms with Crippen LogP contribution in [0.25, 0.3) is 0 Å². The predicted molar refractivity (Wildman–Crippen MR) is 70.3 cm³/mol. The van der Waals surface area contributed by atoms with Crippen molar-refractivity contribution in [2.75, 3.05) is 5.75 Å². The number of carbonyl (C=O) groups is 1. The SMILES string of the molecule is CC1(C(=O)Cc2cccc(C(F)(F)F)c2)CCCS1. The average molecular weight is 288 g/mol. The second-order valence-corrected chi connectivity index (χ2v) is 6.58. The molecule has 0 spiro atoms. The van der Waals surface area contributed by atoms with E-state index < -0.39 is 16.5 Å². The van der Waals surface area contributed by atoms with Crippen LogP contribution in [0.5, 0.6) is 0 Å². The molecule has 2 rings (SSSR count). The number of carbonyl (C=O) groups excluding carboxylic acids is 1.